The Morgan fingerprint density at radius 3 is 2.83 bits per heavy atom. The summed E-state index contributed by atoms with van der Waals surface area (Å²) in [5.74, 6) is 0. The highest BCUT2D eigenvalue weighted by atomic mass is 15.1. The van der Waals surface area contributed by atoms with Crippen LogP contribution in [0, 0.1) is 6.92 Å². The van der Waals surface area contributed by atoms with Gasteiger partial charge in [0.1, 0.15) is 0 Å². The number of aromatic amines is 1. The molecule has 3 aromatic heterocycles. The summed E-state index contributed by atoms with van der Waals surface area (Å²) >= 11 is 0. The van der Waals surface area contributed by atoms with Gasteiger partial charge in [-0.05, 0) is 63.2 Å². The van der Waals surface area contributed by atoms with Crippen molar-refractivity contribution in [2.24, 2.45) is 0 Å². The first-order chi connectivity index (χ1) is 14.8. The molecule has 6 heteroatoms. The Morgan fingerprint density at radius 1 is 1.07 bits per heavy atom. The molecule has 2 N–H and O–H groups in total. The summed E-state index contributed by atoms with van der Waals surface area (Å²) in [6, 6.07) is 14.5. The van der Waals surface area contributed by atoms with E-state index in [1.807, 2.05) is 31.3 Å². The van der Waals surface area contributed by atoms with Gasteiger partial charge in [0.2, 0.25) is 0 Å². The van der Waals surface area contributed by atoms with Gasteiger partial charge in [-0.15, -0.1) is 0 Å². The van der Waals surface area contributed by atoms with Gasteiger partial charge < -0.3 is 15.2 Å². The van der Waals surface area contributed by atoms with Crippen molar-refractivity contribution in [3.63, 3.8) is 0 Å². The molecule has 6 nitrogen and oxygen atoms in total. The summed E-state index contributed by atoms with van der Waals surface area (Å²) in [5, 5.41) is 4.63. The first-order valence-electron chi connectivity index (χ1n) is 10.6. The van der Waals surface area contributed by atoms with Gasteiger partial charge in [0, 0.05) is 29.7 Å². The van der Waals surface area contributed by atoms with Crippen LogP contribution in [0.1, 0.15) is 18.5 Å². The zero-order valence-corrected chi connectivity index (χ0v) is 17.2. The molecular weight excluding hydrogens is 372 g/mol. The molecule has 0 atom stereocenters. The fourth-order valence-corrected chi connectivity index (χ4v) is 4.13. The fraction of sp³-hybridized carbons (Fsp3) is 0.292. The van der Waals surface area contributed by atoms with E-state index in [2.05, 4.69) is 54.4 Å². The molecule has 152 valence electrons. The third kappa shape index (κ3) is 3.91. The minimum atomic E-state index is 0.901. The molecular formula is C24H26N6. The molecule has 0 aliphatic carbocycles. The Balaban J connectivity index is 1.40. The monoisotopic (exact) mass is 398 g/mol. The summed E-state index contributed by atoms with van der Waals surface area (Å²) in [7, 11) is 0. The summed E-state index contributed by atoms with van der Waals surface area (Å²) in [6.45, 7) is 6.47. The Morgan fingerprint density at radius 2 is 1.97 bits per heavy atom. The Bertz CT molecular complexity index is 1160. The number of rotatable bonds is 6. The van der Waals surface area contributed by atoms with Crippen LogP contribution in [0.15, 0.2) is 55.0 Å². The van der Waals surface area contributed by atoms with Gasteiger partial charge >= 0.3 is 0 Å². The van der Waals surface area contributed by atoms with Crippen LogP contribution in [0.5, 0.6) is 0 Å². The van der Waals surface area contributed by atoms with Crippen molar-refractivity contribution >= 4 is 16.6 Å². The van der Waals surface area contributed by atoms with Gasteiger partial charge in [-0.2, -0.15) is 0 Å². The molecule has 1 aliphatic rings. The number of hydrogen-bond acceptors (Lipinski definition) is 5. The predicted molar refractivity (Wildman–Crippen MR) is 121 cm³/mol. The van der Waals surface area contributed by atoms with E-state index in [0.29, 0.717) is 0 Å². The molecule has 5 rings (SSSR count). The molecule has 0 saturated carbocycles. The third-order valence-corrected chi connectivity index (χ3v) is 5.69. The Kier molecular flexibility index (Phi) is 5.15. The van der Waals surface area contributed by atoms with E-state index < -0.39 is 0 Å². The first-order valence-corrected chi connectivity index (χ1v) is 10.6. The third-order valence-electron chi connectivity index (χ3n) is 5.69. The van der Waals surface area contributed by atoms with Crippen molar-refractivity contribution in [1.82, 2.24) is 24.8 Å². The maximum atomic E-state index is 4.65. The highest BCUT2D eigenvalue weighted by Crippen LogP contribution is 2.30. The molecule has 0 bridgehead atoms. The van der Waals surface area contributed by atoms with E-state index in [-0.39, 0.29) is 0 Å². The quantitative estimate of drug-likeness (QED) is 0.500. The van der Waals surface area contributed by atoms with Gasteiger partial charge in [-0.1, -0.05) is 12.1 Å². The van der Waals surface area contributed by atoms with E-state index in [4.69, 9.17) is 0 Å². The topological polar surface area (TPSA) is 69.7 Å². The van der Waals surface area contributed by atoms with E-state index in [1.54, 1.807) is 6.33 Å². The zero-order valence-electron chi connectivity index (χ0n) is 17.2. The van der Waals surface area contributed by atoms with Gasteiger partial charge in [0.15, 0.2) is 0 Å². The Hall–Kier alpha value is -3.25. The largest absolute Gasteiger partial charge is 0.382 e. The van der Waals surface area contributed by atoms with Gasteiger partial charge in [0.25, 0.3) is 0 Å². The predicted octanol–water partition coefficient (Wildman–Crippen LogP) is 4.50. The number of nitrogens with one attached hydrogen (secondary N) is 2. The number of aryl methyl sites for hydroxylation is 1. The number of imidazole rings is 1. The second kappa shape index (κ2) is 8.24. The lowest BCUT2D eigenvalue weighted by Crippen LogP contribution is -2.25. The Labute approximate surface area is 176 Å². The van der Waals surface area contributed by atoms with Gasteiger partial charge in [-0.25, -0.2) is 4.98 Å². The van der Waals surface area contributed by atoms with Crippen LogP contribution in [-0.2, 0) is 0 Å². The molecule has 0 unspecified atom stereocenters. The molecule has 1 fully saturated rings. The van der Waals surface area contributed by atoms with Crippen molar-refractivity contribution in [3.8, 4) is 22.6 Å². The summed E-state index contributed by atoms with van der Waals surface area (Å²) in [4.78, 5) is 19.6. The fourth-order valence-electron chi connectivity index (χ4n) is 4.13. The van der Waals surface area contributed by atoms with E-state index in [9.17, 15) is 0 Å². The second-order valence-corrected chi connectivity index (χ2v) is 7.90. The van der Waals surface area contributed by atoms with Crippen molar-refractivity contribution in [2.75, 3.05) is 31.5 Å². The SMILES string of the molecule is Cc1cccc(-c2[nH]cnc2-c2ccc3ncc(NCCN4CCCC4)cc3c2)n1. The molecule has 0 amide bonds. The number of pyridine rings is 2. The zero-order chi connectivity index (χ0) is 20.3. The van der Waals surface area contributed by atoms with Crippen LogP contribution >= 0.6 is 0 Å². The molecule has 30 heavy (non-hydrogen) atoms. The lowest BCUT2D eigenvalue weighted by atomic mass is 10.0. The number of hydrogen-bond donors (Lipinski definition) is 2. The maximum absolute atomic E-state index is 4.65. The van der Waals surface area contributed by atoms with Crippen molar-refractivity contribution in [1.29, 1.82) is 0 Å². The number of aromatic nitrogens is 4. The second-order valence-electron chi connectivity index (χ2n) is 7.90. The summed E-state index contributed by atoms with van der Waals surface area (Å²) < 4.78 is 0. The summed E-state index contributed by atoms with van der Waals surface area (Å²) in [5.41, 5.74) is 6.82. The number of anilines is 1. The van der Waals surface area contributed by atoms with E-state index in [0.717, 1.165) is 58.0 Å². The number of H-pyrrole nitrogens is 1. The maximum Gasteiger partial charge on any atom is 0.0977 e. The number of benzene rings is 1. The lowest BCUT2D eigenvalue weighted by molar-refractivity contribution is 0.352. The van der Waals surface area contributed by atoms with Crippen LogP contribution in [0.3, 0.4) is 0 Å². The highest BCUT2D eigenvalue weighted by Gasteiger charge is 2.13. The van der Waals surface area contributed by atoms with Crippen LogP contribution < -0.4 is 5.32 Å². The van der Waals surface area contributed by atoms with Crippen LogP contribution in [0.4, 0.5) is 5.69 Å². The van der Waals surface area contributed by atoms with Gasteiger partial charge in [-0.3, -0.25) is 9.97 Å². The average Bonchev–Trinajstić information content (AvgIpc) is 3.45. The van der Waals surface area contributed by atoms with Crippen molar-refractivity contribution in [2.45, 2.75) is 19.8 Å². The van der Waals surface area contributed by atoms with Crippen molar-refractivity contribution in [3.05, 3.63) is 60.7 Å². The van der Waals surface area contributed by atoms with Crippen molar-refractivity contribution < 1.29 is 0 Å². The molecule has 1 aliphatic heterocycles. The average molecular weight is 399 g/mol. The number of likely N-dealkylation sites (tertiary alicyclic amines) is 1. The minimum absolute atomic E-state index is 0.901. The van der Waals surface area contributed by atoms with Crippen LogP contribution in [0.2, 0.25) is 0 Å². The van der Waals surface area contributed by atoms with Gasteiger partial charge in [0.05, 0.1) is 40.8 Å². The number of nitrogens with zero attached hydrogens (tertiary/aromatic N) is 4. The molecule has 0 spiro atoms. The first kappa shape index (κ1) is 18.8. The minimum Gasteiger partial charge on any atom is -0.382 e. The van der Waals surface area contributed by atoms with Crippen LogP contribution in [0.25, 0.3) is 33.5 Å². The number of fused-ring (bicyclic) bond motifs is 1. The molecule has 1 aromatic carbocycles. The normalized spacial score (nSPS) is 14.4. The highest BCUT2D eigenvalue weighted by molar-refractivity contribution is 5.88. The van der Waals surface area contributed by atoms with E-state index >= 15 is 0 Å². The summed E-state index contributed by atoms with van der Waals surface area (Å²) in [6.07, 6.45) is 6.30. The van der Waals surface area contributed by atoms with Crippen LogP contribution in [-0.4, -0.2) is 51.0 Å². The molecule has 1 saturated heterocycles. The standard InChI is InChI=1S/C24H26N6/c1-17-5-4-6-22(29-17)24-23(27-16-28-24)18-7-8-21-19(13-18)14-20(15-26-21)25-9-12-30-10-2-3-11-30/h4-8,13-16,25H,2-3,9-12H2,1H3,(H,27,28). The molecule has 4 aromatic rings. The molecule has 4 heterocycles. The molecule has 0 radical (unpaired) electrons. The smallest absolute Gasteiger partial charge is 0.0977 e. The van der Waals surface area contributed by atoms with E-state index in [1.165, 1.54) is 25.9 Å². The lowest BCUT2D eigenvalue weighted by Gasteiger charge is -2.15.